The molecule has 4 heteroatoms. The van der Waals surface area contributed by atoms with Crippen molar-refractivity contribution in [3.05, 3.63) is 21.4 Å². The first kappa shape index (κ1) is 15.5. The van der Waals surface area contributed by atoms with Crippen LogP contribution < -0.4 is 5.32 Å². The fourth-order valence-corrected chi connectivity index (χ4v) is 5.45. The van der Waals surface area contributed by atoms with Gasteiger partial charge < -0.3 is 5.32 Å². The lowest BCUT2D eigenvalue weighted by molar-refractivity contribution is 0.0890. The van der Waals surface area contributed by atoms with Crippen LogP contribution in [0.4, 0.5) is 0 Å². The topological polar surface area (TPSA) is 29.1 Å². The number of carbonyl (C=O) groups excluding carboxylic acids is 1. The highest BCUT2D eigenvalue weighted by atomic mass is 79.9. The van der Waals surface area contributed by atoms with Crippen molar-refractivity contribution < 1.29 is 4.79 Å². The summed E-state index contributed by atoms with van der Waals surface area (Å²) in [5.41, 5.74) is 1.41. The van der Waals surface area contributed by atoms with Gasteiger partial charge in [0.1, 0.15) is 0 Å². The highest BCUT2D eigenvalue weighted by molar-refractivity contribution is 9.09. The van der Waals surface area contributed by atoms with Crippen molar-refractivity contribution in [1.82, 2.24) is 5.32 Å². The van der Waals surface area contributed by atoms with E-state index in [0.29, 0.717) is 0 Å². The first-order valence-electron chi connectivity index (χ1n) is 8.22. The van der Waals surface area contributed by atoms with E-state index in [0.717, 1.165) is 35.9 Å². The maximum absolute atomic E-state index is 12.7. The van der Waals surface area contributed by atoms with E-state index in [1.165, 1.54) is 49.0 Å². The molecule has 1 aromatic heterocycles. The molecular formula is C17H24BrNOS. The van der Waals surface area contributed by atoms with Crippen LogP contribution in [-0.4, -0.2) is 16.8 Å². The minimum Gasteiger partial charge on any atom is -0.345 e. The van der Waals surface area contributed by atoms with Crippen molar-refractivity contribution in [1.29, 1.82) is 0 Å². The van der Waals surface area contributed by atoms with Crippen molar-refractivity contribution in [3.63, 3.8) is 0 Å². The van der Waals surface area contributed by atoms with Crippen molar-refractivity contribution >= 4 is 33.2 Å². The predicted molar refractivity (Wildman–Crippen MR) is 92.7 cm³/mol. The predicted octanol–water partition coefficient (Wildman–Crippen LogP) is 4.84. The smallest absolute Gasteiger partial charge is 0.261 e. The Morgan fingerprint density at radius 1 is 1.14 bits per heavy atom. The second-order valence-corrected chi connectivity index (χ2v) is 8.25. The van der Waals surface area contributed by atoms with Gasteiger partial charge in [0.15, 0.2) is 0 Å². The summed E-state index contributed by atoms with van der Waals surface area (Å²) >= 11 is 5.35. The molecule has 0 atom stereocenters. The maximum atomic E-state index is 12.7. The summed E-state index contributed by atoms with van der Waals surface area (Å²) in [7, 11) is 0. The van der Waals surface area contributed by atoms with E-state index in [1.54, 1.807) is 11.3 Å². The monoisotopic (exact) mass is 369 g/mol. The summed E-state index contributed by atoms with van der Waals surface area (Å²) in [5.74, 6) is 0.148. The molecule has 2 aliphatic rings. The Bertz CT molecular complexity index is 481. The molecule has 1 aromatic rings. The highest BCUT2D eigenvalue weighted by Crippen LogP contribution is 2.32. The van der Waals surface area contributed by atoms with Crippen LogP contribution >= 0.6 is 27.3 Å². The van der Waals surface area contributed by atoms with Gasteiger partial charge >= 0.3 is 0 Å². The van der Waals surface area contributed by atoms with Crippen LogP contribution in [0.5, 0.6) is 0 Å². The fourth-order valence-electron chi connectivity index (χ4n) is 3.60. The number of alkyl halides is 1. The summed E-state index contributed by atoms with van der Waals surface area (Å²) in [6, 6.07) is 2.16. The van der Waals surface area contributed by atoms with Gasteiger partial charge in [-0.15, -0.1) is 11.3 Å². The van der Waals surface area contributed by atoms with Gasteiger partial charge in [-0.25, -0.2) is 0 Å². The van der Waals surface area contributed by atoms with Crippen LogP contribution in [-0.2, 0) is 12.8 Å². The molecule has 1 N–H and O–H groups in total. The third-order valence-corrected chi connectivity index (χ3v) is 7.22. The molecule has 21 heavy (non-hydrogen) atoms. The zero-order chi connectivity index (χ0) is 14.7. The zero-order valence-corrected chi connectivity index (χ0v) is 15.0. The SMILES string of the molecule is O=C(NC1(CBr)CCCCC1)c1cc2c(s1)CCCCC2. The highest BCUT2D eigenvalue weighted by Gasteiger charge is 2.33. The second kappa shape index (κ2) is 6.82. The summed E-state index contributed by atoms with van der Waals surface area (Å²) in [6.45, 7) is 0. The summed E-state index contributed by atoms with van der Waals surface area (Å²) in [4.78, 5) is 15.0. The fraction of sp³-hybridized carbons (Fsp3) is 0.706. The Morgan fingerprint density at radius 3 is 2.62 bits per heavy atom. The van der Waals surface area contributed by atoms with Gasteiger partial charge in [-0.3, -0.25) is 4.79 Å². The van der Waals surface area contributed by atoms with Crippen LogP contribution in [0.1, 0.15) is 71.5 Å². The molecule has 116 valence electrons. The van der Waals surface area contributed by atoms with E-state index in [2.05, 4.69) is 27.3 Å². The van der Waals surface area contributed by atoms with Gasteiger partial charge in [-0.2, -0.15) is 0 Å². The molecule has 1 fully saturated rings. The third-order valence-electron chi connectivity index (χ3n) is 4.92. The first-order valence-corrected chi connectivity index (χ1v) is 10.2. The largest absolute Gasteiger partial charge is 0.345 e. The van der Waals surface area contributed by atoms with Crippen molar-refractivity contribution in [2.24, 2.45) is 0 Å². The van der Waals surface area contributed by atoms with E-state index in [9.17, 15) is 4.79 Å². The number of thiophene rings is 1. The molecular weight excluding hydrogens is 346 g/mol. The van der Waals surface area contributed by atoms with Gasteiger partial charge in [0, 0.05) is 10.2 Å². The molecule has 1 amide bonds. The van der Waals surface area contributed by atoms with E-state index < -0.39 is 0 Å². The zero-order valence-electron chi connectivity index (χ0n) is 12.5. The molecule has 1 heterocycles. The van der Waals surface area contributed by atoms with Crippen LogP contribution in [0.15, 0.2) is 6.07 Å². The average Bonchev–Trinajstić information content (AvgIpc) is 2.79. The molecule has 0 bridgehead atoms. The first-order chi connectivity index (χ1) is 10.2. The minimum absolute atomic E-state index is 0.0171. The Kier molecular flexibility index (Phi) is 5.05. The number of hydrogen-bond acceptors (Lipinski definition) is 2. The quantitative estimate of drug-likeness (QED) is 0.598. The van der Waals surface area contributed by atoms with Crippen LogP contribution in [0, 0.1) is 0 Å². The van der Waals surface area contributed by atoms with Crippen molar-refractivity contribution in [2.75, 3.05) is 5.33 Å². The standard InChI is InChI=1S/C17H24BrNOS/c18-12-17(9-5-2-6-10-17)19-16(20)15-11-13-7-3-1-4-8-14(13)21-15/h11H,1-10,12H2,(H,19,20). The van der Waals surface area contributed by atoms with Crippen molar-refractivity contribution in [2.45, 2.75) is 69.7 Å². The number of nitrogens with one attached hydrogen (secondary N) is 1. The third kappa shape index (κ3) is 3.53. The van der Waals surface area contributed by atoms with Gasteiger partial charge in [-0.1, -0.05) is 41.6 Å². The van der Waals surface area contributed by atoms with Gasteiger partial charge in [0.2, 0.25) is 0 Å². The number of amides is 1. The minimum atomic E-state index is -0.0171. The Hall–Kier alpha value is -0.350. The van der Waals surface area contributed by atoms with Crippen LogP contribution in [0.3, 0.4) is 0 Å². The molecule has 2 nitrogen and oxygen atoms in total. The normalized spacial score (nSPS) is 21.4. The van der Waals surface area contributed by atoms with Gasteiger partial charge in [0.05, 0.1) is 10.4 Å². The number of rotatable bonds is 3. The Morgan fingerprint density at radius 2 is 1.86 bits per heavy atom. The second-order valence-electron chi connectivity index (χ2n) is 6.55. The molecule has 0 spiro atoms. The Balaban J connectivity index is 1.73. The molecule has 0 unspecified atom stereocenters. The lowest BCUT2D eigenvalue weighted by Gasteiger charge is -2.36. The molecule has 0 saturated heterocycles. The van der Waals surface area contributed by atoms with Gasteiger partial charge in [0.25, 0.3) is 5.91 Å². The maximum Gasteiger partial charge on any atom is 0.261 e. The average molecular weight is 370 g/mol. The molecule has 2 aliphatic carbocycles. The summed E-state index contributed by atoms with van der Waals surface area (Å²) in [6.07, 6.45) is 12.2. The molecule has 0 radical (unpaired) electrons. The molecule has 1 saturated carbocycles. The van der Waals surface area contributed by atoms with Crippen LogP contribution in [0.25, 0.3) is 0 Å². The lowest BCUT2D eigenvalue weighted by atomic mass is 9.83. The van der Waals surface area contributed by atoms with Crippen molar-refractivity contribution in [3.8, 4) is 0 Å². The van der Waals surface area contributed by atoms with E-state index in [4.69, 9.17) is 0 Å². The lowest BCUT2D eigenvalue weighted by Crippen LogP contribution is -2.51. The molecule has 0 aromatic carbocycles. The number of aryl methyl sites for hydroxylation is 2. The van der Waals surface area contributed by atoms with E-state index in [1.807, 2.05) is 0 Å². The number of halogens is 1. The Labute approximate surface area is 139 Å². The summed E-state index contributed by atoms with van der Waals surface area (Å²) < 4.78 is 0. The summed E-state index contributed by atoms with van der Waals surface area (Å²) in [5, 5.41) is 4.22. The number of hydrogen-bond donors (Lipinski definition) is 1. The number of fused-ring (bicyclic) bond motifs is 1. The molecule has 3 rings (SSSR count). The molecule has 0 aliphatic heterocycles. The van der Waals surface area contributed by atoms with E-state index >= 15 is 0 Å². The van der Waals surface area contributed by atoms with Crippen LogP contribution in [0.2, 0.25) is 0 Å². The van der Waals surface area contributed by atoms with E-state index in [-0.39, 0.29) is 11.4 Å². The van der Waals surface area contributed by atoms with Gasteiger partial charge in [-0.05, 0) is 50.2 Å². The number of carbonyl (C=O) groups is 1.